The molecule has 1 saturated heterocycles. The second-order valence-corrected chi connectivity index (χ2v) is 6.55. The molecular formula is C11H25N3O2S. The van der Waals surface area contributed by atoms with Gasteiger partial charge in [0.2, 0.25) is 10.0 Å². The van der Waals surface area contributed by atoms with Crippen LogP contribution in [0.25, 0.3) is 0 Å². The third-order valence-electron chi connectivity index (χ3n) is 3.13. The molecule has 1 aliphatic rings. The largest absolute Gasteiger partial charge is 0.317 e. The average molecular weight is 263 g/mol. The fourth-order valence-corrected chi connectivity index (χ4v) is 2.87. The van der Waals surface area contributed by atoms with Gasteiger partial charge in [-0.3, -0.25) is 0 Å². The summed E-state index contributed by atoms with van der Waals surface area (Å²) in [6, 6.07) is 0. The number of piperazine rings is 1. The molecule has 1 fully saturated rings. The molecule has 102 valence electrons. The molecule has 0 aromatic rings. The van der Waals surface area contributed by atoms with Gasteiger partial charge in [0, 0.05) is 26.2 Å². The first-order valence-electron chi connectivity index (χ1n) is 6.42. The summed E-state index contributed by atoms with van der Waals surface area (Å²) < 4.78 is 24.2. The second-order valence-electron chi connectivity index (χ2n) is 4.56. The topological polar surface area (TPSA) is 52.6 Å². The van der Waals surface area contributed by atoms with Crippen LogP contribution in [0.2, 0.25) is 0 Å². The number of hydrogen-bond acceptors (Lipinski definition) is 4. The van der Waals surface area contributed by atoms with E-state index in [9.17, 15) is 8.42 Å². The summed E-state index contributed by atoms with van der Waals surface area (Å²) in [5.41, 5.74) is 0. The number of nitrogens with one attached hydrogen (secondary N) is 1. The van der Waals surface area contributed by atoms with Crippen LogP contribution in [0.5, 0.6) is 0 Å². The van der Waals surface area contributed by atoms with Crippen LogP contribution in [0, 0.1) is 0 Å². The smallest absolute Gasteiger partial charge is 0.211 e. The zero-order valence-corrected chi connectivity index (χ0v) is 11.8. The van der Waals surface area contributed by atoms with E-state index < -0.39 is 10.0 Å². The van der Waals surface area contributed by atoms with Crippen molar-refractivity contribution in [1.82, 2.24) is 14.5 Å². The van der Waals surface area contributed by atoms with Crippen molar-refractivity contribution >= 4 is 10.0 Å². The second kappa shape index (κ2) is 7.31. The summed E-state index contributed by atoms with van der Waals surface area (Å²) >= 11 is 0. The summed E-state index contributed by atoms with van der Waals surface area (Å²) in [6.07, 6.45) is 3.67. The monoisotopic (exact) mass is 263 g/mol. The highest BCUT2D eigenvalue weighted by Gasteiger charge is 2.22. The maximum absolute atomic E-state index is 11.3. The molecule has 1 N–H and O–H groups in total. The molecule has 17 heavy (non-hydrogen) atoms. The summed E-state index contributed by atoms with van der Waals surface area (Å²) in [6.45, 7) is 8.35. The number of sulfonamides is 1. The van der Waals surface area contributed by atoms with E-state index in [1.807, 2.05) is 0 Å². The standard InChI is InChI=1S/C11H25N3O2S/c1-3-12-6-4-5-7-13-8-10-14(11-9-13)17(2,15)16/h12H,3-11H2,1-2H3. The Kier molecular flexibility index (Phi) is 6.40. The predicted molar refractivity (Wildman–Crippen MR) is 70.6 cm³/mol. The first kappa shape index (κ1) is 14.9. The highest BCUT2D eigenvalue weighted by molar-refractivity contribution is 7.88. The third-order valence-corrected chi connectivity index (χ3v) is 4.43. The van der Waals surface area contributed by atoms with Gasteiger partial charge in [0.1, 0.15) is 0 Å². The molecule has 1 heterocycles. The molecule has 0 aromatic heterocycles. The van der Waals surface area contributed by atoms with Crippen molar-refractivity contribution in [3.8, 4) is 0 Å². The van der Waals surface area contributed by atoms with Gasteiger partial charge in [-0.2, -0.15) is 4.31 Å². The minimum atomic E-state index is -2.99. The molecule has 0 amide bonds. The van der Waals surface area contributed by atoms with Crippen LogP contribution in [0.1, 0.15) is 19.8 Å². The summed E-state index contributed by atoms with van der Waals surface area (Å²) in [5, 5.41) is 3.31. The van der Waals surface area contributed by atoms with Gasteiger partial charge in [-0.05, 0) is 32.5 Å². The van der Waals surface area contributed by atoms with Crippen LogP contribution in [-0.2, 0) is 10.0 Å². The fraction of sp³-hybridized carbons (Fsp3) is 1.00. The predicted octanol–water partition coefficient (Wildman–Crippen LogP) is -0.0467. The maximum atomic E-state index is 11.3. The molecule has 0 bridgehead atoms. The van der Waals surface area contributed by atoms with Crippen LogP contribution in [0.3, 0.4) is 0 Å². The van der Waals surface area contributed by atoms with Crippen molar-refractivity contribution in [2.75, 3.05) is 52.1 Å². The van der Waals surface area contributed by atoms with Crippen LogP contribution < -0.4 is 5.32 Å². The van der Waals surface area contributed by atoms with Gasteiger partial charge in [0.25, 0.3) is 0 Å². The molecular weight excluding hydrogens is 238 g/mol. The molecule has 6 heteroatoms. The number of hydrogen-bond donors (Lipinski definition) is 1. The third kappa shape index (κ3) is 5.81. The van der Waals surface area contributed by atoms with E-state index in [2.05, 4.69) is 17.1 Å². The minimum absolute atomic E-state index is 0.645. The fourth-order valence-electron chi connectivity index (χ4n) is 2.05. The van der Waals surface area contributed by atoms with Crippen molar-refractivity contribution in [2.45, 2.75) is 19.8 Å². The van der Waals surface area contributed by atoms with Crippen LogP contribution in [-0.4, -0.2) is 69.7 Å². The van der Waals surface area contributed by atoms with E-state index in [4.69, 9.17) is 0 Å². The number of nitrogens with zero attached hydrogens (tertiary/aromatic N) is 2. The first-order valence-corrected chi connectivity index (χ1v) is 8.27. The normalized spacial score (nSPS) is 19.6. The molecule has 0 spiro atoms. The zero-order chi connectivity index (χ0) is 12.7. The highest BCUT2D eigenvalue weighted by atomic mass is 32.2. The minimum Gasteiger partial charge on any atom is -0.317 e. The van der Waals surface area contributed by atoms with Crippen molar-refractivity contribution < 1.29 is 8.42 Å². The van der Waals surface area contributed by atoms with E-state index in [-0.39, 0.29) is 0 Å². The Bertz CT molecular complexity index is 298. The quantitative estimate of drug-likeness (QED) is 0.655. The molecule has 1 rings (SSSR count). The van der Waals surface area contributed by atoms with E-state index in [1.54, 1.807) is 4.31 Å². The van der Waals surface area contributed by atoms with Gasteiger partial charge in [-0.15, -0.1) is 0 Å². The van der Waals surface area contributed by atoms with Crippen LogP contribution in [0.4, 0.5) is 0 Å². The maximum Gasteiger partial charge on any atom is 0.211 e. The van der Waals surface area contributed by atoms with E-state index in [1.165, 1.54) is 19.1 Å². The molecule has 0 radical (unpaired) electrons. The number of unbranched alkanes of at least 4 members (excludes halogenated alkanes) is 1. The van der Waals surface area contributed by atoms with E-state index >= 15 is 0 Å². The van der Waals surface area contributed by atoms with Gasteiger partial charge in [0.05, 0.1) is 6.26 Å². The SMILES string of the molecule is CCNCCCCN1CCN(S(C)(=O)=O)CC1. The number of rotatable bonds is 7. The molecule has 0 atom stereocenters. The average Bonchev–Trinajstić information content (AvgIpc) is 2.28. The molecule has 0 aromatic carbocycles. The zero-order valence-electron chi connectivity index (χ0n) is 11.0. The Balaban J connectivity index is 2.11. The molecule has 0 unspecified atom stereocenters. The molecule has 0 saturated carbocycles. The van der Waals surface area contributed by atoms with E-state index in [0.717, 1.165) is 32.7 Å². The highest BCUT2D eigenvalue weighted by Crippen LogP contribution is 2.06. The lowest BCUT2D eigenvalue weighted by Crippen LogP contribution is -2.48. The summed E-state index contributed by atoms with van der Waals surface area (Å²) in [7, 11) is -2.99. The summed E-state index contributed by atoms with van der Waals surface area (Å²) in [4.78, 5) is 2.35. The first-order chi connectivity index (χ1) is 8.04. The van der Waals surface area contributed by atoms with Gasteiger partial charge >= 0.3 is 0 Å². The van der Waals surface area contributed by atoms with Crippen molar-refractivity contribution in [3.05, 3.63) is 0 Å². The Labute approximate surface area is 105 Å². The Morgan fingerprint density at radius 1 is 1.12 bits per heavy atom. The van der Waals surface area contributed by atoms with Crippen molar-refractivity contribution in [2.24, 2.45) is 0 Å². The van der Waals surface area contributed by atoms with Gasteiger partial charge in [-0.25, -0.2) is 8.42 Å². The molecule has 0 aliphatic carbocycles. The Morgan fingerprint density at radius 2 is 1.76 bits per heavy atom. The van der Waals surface area contributed by atoms with Gasteiger partial charge in [-0.1, -0.05) is 6.92 Å². The molecule has 5 nitrogen and oxygen atoms in total. The summed E-state index contributed by atoms with van der Waals surface area (Å²) in [5.74, 6) is 0. The van der Waals surface area contributed by atoms with Gasteiger partial charge in [0.15, 0.2) is 0 Å². The van der Waals surface area contributed by atoms with Crippen molar-refractivity contribution in [3.63, 3.8) is 0 Å². The van der Waals surface area contributed by atoms with E-state index in [0.29, 0.717) is 13.1 Å². The van der Waals surface area contributed by atoms with Crippen LogP contribution >= 0.6 is 0 Å². The Morgan fingerprint density at radius 3 is 2.29 bits per heavy atom. The Hall–Kier alpha value is -0.170. The van der Waals surface area contributed by atoms with Crippen LogP contribution in [0.15, 0.2) is 0 Å². The van der Waals surface area contributed by atoms with Crippen molar-refractivity contribution in [1.29, 1.82) is 0 Å². The lowest BCUT2D eigenvalue weighted by Gasteiger charge is -2.33. The van der Waals surface area contributed by atoms with Gasteiger partial charge < -0.3 is 10.2 Å². The molecule has 1 aliphatic heterocycles. The lowest BCUT2D eigenvalue weighted by molar-refractivity contribution is 0.186. The lowest BCUT2D eigenvalue weighted by atomic mass is 10.2.